The molecule has 3 aliphatic carbocycles. The summed E-state index contributed by atoms with van der Waals surface area (Å²) in [7, 11) is -0.582. The molecule has 162 valence electrons. The highest BCUT2D eigenvalue weighted by atomic mass is 35.5. The van der Waals surface area contributed by atoms with E-state index < -0.39 is 10.8 Å². The largest absolute Gasteiger partial charge is 0.299 e. The predicted molar refractivity (Wildman–Crippen MR) is 122 cm³/mol. The van der Waals surface area contributed by atoms with Gasteiger partial charge in [-0.05, 0) is 74.7 Å². The Morgan fingerprint density at radius 3 is 2.52 bits per heavy atom. The molecular weight excluding hydrogens is 430 g/mol. The molecule has 3 aromatic rings. The minimum atomic E-state index is -0.582. The van der Waals surface area contributed by atoms with Gasteiger partial charge in [0.05, 0.1) is 29.6 Å². The third-order valence-corrected chi connectivity index (χ3v) is 10.1. The van der Waals surface area contributed by atoms with Crippen LogP contribution in [-0.4, -0.2) is 59.3 Å². The third kappa shape index (κ3) is 2.82. The summed E-state index contributed by atoms with van der Waals surface area (Å²) in [5.41, 5.74) is 3.66. The minimum absolute atomic E-state index is 0.293. The molecule has 2 aliphatic heterocycles. The molecule has 2 aromatic heterocycles. The molecule has 0 radical (unpaired) electrons. The van der Waals surface area contributed by atoms with Crippen molar-refractivity contribution in [1.82, 2.24) is 24.5 Å². The molecule has 0 unspecified atom stereocenters. The van der Waals surface area contributed by atoms with Crippen LogP contribution in [0.2, 0.25) is 5.02 Å². The summed E-state index contributed by atoms with van der Waals surface area (Å²) in [6.07, 6.45) is 12.1. The highest BCUT2D eigenvalue weighted by Gasteiger charge is 2.58. The maximum absolute atomic E-state index is 11.5. The summed E-state index contributed by atoms with van der Waals surface area (Å²) in [6, 6.07) is 4.85. The van der Waals surface area contributed by atoms with Crippen molar-refractivity contribution in [3.63, 3.8) is 0 Å². The van der Waals surface area contributed by atoms with E-state index in [0.29, 0.717) is 17.5 Å². The average Bonchev–Trinajstić information content (AvgIpc) is 3.29. The Labute approximate surface area is 189 Å². The number of rotatable bonds is 4. The first-order valence-corrected chi connectivity index (χ1v) is 13.3. The predicted octanol–water partition coefficient (Wildman–Crippen LogP) is 3.69. The first-order chi connectivity index (χ1) is 15.1. The van der Waals surface area contributed by atoms with Crippen LogP contribution in [0.3, 0.4) is 0 Å². The van der Waals surface area contributed by atoms with Gasteiger partial charge < -0.3 is 0 Å². The fourth-order valence-corrected chi connectivity index (χ4v) is 7.65. The number of nitrogens with zero attached hydrogens (tertiary/aromatic N) is 5. The Morgan fingerprint density at radius 1 is 1.06 bits per heavy atom. The number of hydrogen-bond donors (Lipinski definition) is 0. The van der Waals surface area contributed by atoms with Crippen molar-refractivity contribution in [2.75, 3.05) is 24.6 Å². The molecular formula is C23H26ClN5OS. The van der Waals surface area contributed by atoms with Crippen LogP contribution in [-0.2, 0) is 16.3 Å². The first kappa shape index (κ1) is 18.8. The standard InChI is InChI=1S/C23H26ClN5OS/c24-21-5-17-10-26-29(18-11-25-28(12-18)23-7-15(8-23)9-23)22(17)6-20(21)16-1-3-27(4-2-16)19-13-31(30)14-19/h5-6,10-12,15-16,19H,1-4,7-9,13-14H2. The van der Waals surface area contributed by atoms with Crippen molar-refractivity contribution in [3.8, 4) is 5.69 Å². The zero-order valence-corrected chi connectivity index (χ0v) is 19.0. The highest BCUT2D eigenvalue weighted by Crippen LogP contribution is 2.62. The van der Waals surface area contributed by atoms with Gasteiger partial charge in [-0.25, -0.2) is 4.68 Å². The number of fused-ring (bicyclic) bond motifs is 1. The Morgan fingerprint density at radius 2 is 1.84 bits per heavy atom. The van der Waals surface area contributed by atoms with E-state index in [1.165, 1.54) is 24.8 Å². The van der Waals surface area contributed by atoms with Gasteiger partial charge in [0, 0.05) is 38.8 Å². The van der Waals surface area contributed by atoms with Crippen LogP contribution in [0.4, 0.5) is 0 Å². The lowest BCUT2D eigenvalue weighted by molar-refractivity contribution is -0.0977. The van der Waals surface area contributed by atoms with E-state index in [9.17, 15) is 4.21 Å². The van der Waals surface area contributed by atoms with Crippen molar-refractivity contribution >= 4 is 33.3 Å². The molecule has 1 aromatic carbocycles. The molecule has 2 saturated heterocycles. The third-order valence-electron chi connectivity index (χ3n) is 8.23. The molecule has 0 atom stereocenters. The van der Waals surface area contributed by atoms with Crippen molar-refractivity contribution in [2.45, 2.75) is 49.6 Å². The quantitative estimate of drug-likeness (QED) is 0.602. The van der Waals surface area contributed by atoms with Crippen LogP contribution in [0.25, 0.3) is 16.6 Å². The van der Waals surface area contributed by atoms with Gasteiger partial charge in [-0.2, -0.15) is 10.2 Å². The summed E-state index contributed by atoms with van der Waals surface area (Å²) in [6.45, 7) is 2.13. The second-order valence-electron chi connectivity index (χ2n) is 10.1. The van der Waals surface area contributed by atoms with Crippen LogP contribution in [0.15, 0.2) is 30.7 Å². The molecule has 2 bridgehead atoms. The van der Waals surface area contributed by atoms with Gasteiger partial charge >= 0.3 is 0 Å². The number of aromatic nitrogens is 4. The number of piperidine rings is 1. The number of benzene rings is 1. The van der Waals surface area contributed by atoms with Crippen molar-refractivity contribution < 1.29 is 4.21 Å². The van der Waals surface area contributed by atoms with Crippen LogP contribution in [0.5, 0.6) is 0 Å². The van der Waals surface area contributed by atoms with E-state index in [0.717, 1.165) is 65.0 Å². The smallest absolute Gasteiger partial charge is 0.103 e. The molecule has 4 heterocycles. The van der Waals surface area contributed by atoms with E-state index >= 15 is 0 Å². The Balaban J connectivity index is 1.16. The van der Waals surface area contributed by atoms with E-state index in [-0.39, 0.29) is 0 Å². The molecule has 6 nitrogen and oxygen atoms in total. The van der Waals surface area contributed by atoms with E-state index in [2.05, 4.69) is 38.1 Å². The molecule has 3 saturated carbocycles. The SMILES string of the molecule is O=S1CC(N2CCC(c3cc4c(cnn4-c4cnn(C56CC(C5)C6)c4)cc3Cl)CC2)C1. The van der Waals surface area contributed by atoms with Gasteiger partial charge in [0.2, 0.25) is 0 Å². The number of hydrogen-bond acceptors (Lipinski definition) is 4. The van der Waals surface area contributed by atoms with E-state index in [1.807, 2.05) is 17.1 Å². The van der Waals surface area contributed by atoms with Gasteiger partial charge in [-0.1, -0.05) is 11.6 Å². The lowest BCUT2D eigenvalue weighted by Crippen LogP contribution is -2.59. The number of halogens is 1. The van der Waals surface area contributed by atoms with Gasteiger partial charge in [-0.3, -0.25) is 13.8 Å². The lowest BCUT2D eigenvalue weighted by Gasteiger charge is -2.61. The molecule has 0 spiro atoms. The van der Waals surface area contributed by atoms with Crippen LogP contribution >= 0.6 is 11.6 Å². The first-order valence-electron chi connectivity index (χ1n) is 11.4. The highest BCUT2D eigenvalue weighted by molar-refractivity contribution is 7.86. The summed E-state index contributed by atoms with van der Waals surface area (Å²) >= 11 is 6.74. The topological polar surface area (TPSA) is 56.0 Å². The molecule has 31 heavy (non-hydrogen) atoms. The molecule has 0 N–H and O–H groups in total. The Bertz CT molecular complexity index is 1180. The summed E-state index contributed by atoms with van der Waals surface area (Å²) < 4.78 is 15.7. The zero-order valence-electron chi connectivity index (χ0n) is 17.4. The maximum atomic E-state index is 11.5. The van der Waals surface area contributed by atoms with Crippen molar-refractivity contribution in [2.24, 2.45) is 5.92 Å². The number of likely N-dealkylation sites (tertiary alicyclic amines) is 1. The van der Waals surface area contributed by atoms with Gasteiger partial charge in [0.25, 0.3) is 0 Å². The molecule has 8 rings (SSSR count). The van der Waals surface area contributed by atoms with E-state index in [4.69, 9.17) is 11.6 Å². The molecule has 5 aliphatic rings. The fraction of sp³-hybridized carbons (Fsp3) is 0.565. The Kier molecular flexibility index (Phi) is 4.04. The second kappa shape index (κ2) is 6.65. The zero-order chi connectivity index (χ0) is 20.7. The second-order valence-corrected chi connectivity index (χ2v) is 12.0. The normalized spacial score (nSPS) is 33.1. The van der Waals surface area contributed by atoms with Gasteiger partial charge in [0.15, 0.2) is 0 Å². The van der Waals surface area contributed by atoms with Crippen LogP contribution in [0.1, 0.15) is 43.6 Å². The molecule has 0 amide bonds. The van der Waals surface area contributed by atoms with Gasteiger partial charge in [0.1, 0.15) is 5.69 Å². The summed E-state index contributed by atoms with van der Waals surface area (Å²) in [5, 5.41) is 11.3. The van der Waals surface area contributed by atoms with Crippen LogP contribution in [0, 0.1) is 5.92 Å². The van der Waals surface area contributed by atoms with Crippen molar-refractivity contribution in [3.05, 3.63) is 41.3 Å². The van der Waals surface area contributed by atoms with Crippen LogP contribution < -0.4 is 0 Å². The van der Waals surface area contributed by atoms with E-state index in [1.54, 1.807) is 0 Å². The van der Waals surface area contributed by atoms with Crippen molar-refractivity contribution in [1.29, 1.82) is 0 Å². The maximum Gasteiger partial charge on any atom is 0.103 e. The molecule has 5 fully saturated rings. The fourth-order valence-electron chi connectivity index (χ4n) is 6.14. The Hall–Kier alpha value is -1.70. The monoisotopic (exact) mass is 455 g/mol. The summed E-state index contributed by atoms with van der Waals surface area (Å²) in [4.78, 5) is 2.52. The lowest BCUT2D eigenvalue weighted by atomic mass is 9.50. The average molecular weight is 456 g/mol. The van der Waals surface area contributed by atoms with Gasteiger partial charge in [-0.15, -0.1) is 0 Å². The molecule has 8 heteroatoms. The summed E-state index contributed by atoms with van der Waals surface area (Å²) in [5.74, 6) is 3.10. The minimum Gasteiger partial charge on any atom is -0.299 e.